The zero-order chi connectivity index (χ0) is 14.5. The summed E-state index contributed by atoms with van der Waals surface area (Å²) in [6.45, 7) is 0. The van der Waals surface area contributed by atoms with Gasteiger partial charge in [0.1, 0.15) is 5.75 Å². The topological polar surface area (TPSA) is 104 Å². The lowest BCUT2D eigenvalue weighted by atomic mass is 10.2. The number of nitrogens with two attached hydrogens (primary N) is 1. The number of hydrogen-bond donors (Lipinski definition) is 1. The van der Waals surface area contributed by atoms with E-state index in [0.29, 0.717) is 0 Å². The summed E-state index contributed by atoms with van der Waals surface area (Å²) in [7, 11) is 1.25. The minimum atomic E-state index is -0.611. The summed E-state index contributed by atoms with van der Waals surface area (Å²) in [4.78, 5) is 30.2. The maximum atomic E-state index is 11.2. The summed E-state index contributed by atoms with van der Waals surface area (Å²) in [5.41, 5.74) is 5.52. The lowest BCUT2D eigenvalue weighted by molar-refractivity contribution is 0.0593. The number of amides is 1. The fourth-order valence-electron chi connectivity index (χ4n) is 1.45. The summed E-state index contributed by atoms with van der Waals surface area (Å²) in [6, 6.07) is 6.47. The van der Waals surface area contributed by atoms with Crippen molar-refractivity contribution in [1.82, 2.24) is 9.97 Å². The molecule has 1 aromatic heterocycles. The molecule has 2 N–H and O–H groups in total. The van der Waals surface area contributed by atoms with Crippen LogP contribution in [-0.2, 0) is 4.74 Å². The maximum absolute atomic E-state index is 11.2. The number of nitrogens with zero attached hydrogens (tertiary/aromatic N) is 2. The number of carbonyl (C=O) groups is 2. The maximum Gasteiger partial charge on any atom is 0.358 e. The van der Waals surface area contributed by atoms with Gasteiger partial charge in [0.05, 0.1) is 25.1 Å². The van der Waals surface area contributed by atoms with E-state index in [1.807, 2.05) is 0 Å². The number of primary amides is 1. The monoisotopic (exact) mass is 273 g/mol. The van der Waals surface area contributed by atoms with Gasteiger partial charge in [-0.2, -0.15) is 0 Å². The van der Waals surface area contributed by atoms with Gasteiger partial charge in [-0.05, 0) is 12.1 Å². The lowest BCUT2D eigenvalue weighted by Gasteiger charge is -2.07. The second kappa shape index (κ2) is 5.79. The van der Waals surface area contributed by atoms with E-state index in [1.165, 1.54) is 25.6 Å². The Hall–Kier alpha value is -2.96. The second-order valence-corrected chi connectivity index (χ2v) is 3.69. The number of para-hydroxylation sites is 1. The van der Waals surface area contributed by atoms with Crippen LogP contribution in [0.15, 0.2) is 36.7 Å². The van der Waals surface area contributed by atoms with E-state index in [2.05, 4.69) is 14.7 Å². The van der Waals surface area contributed by atoms with Crippen molar-refractivity contribution < 1.29 is 19.1 Å². The molecule has 0 bridgehead atoms. The Bertz CT molecular complexity index is 640. The van der Waals surface area contributed by atoms with E-state index >= 15 is 0 Å². The molecule has 0 saturated heterocycles. The molecule has 0 aliphatic carbocycles. The fraction of sp³-hybridized carbons (Fsp3) is 0.0769. The number of methoxy groups -OCH3 is 1. The van der Waals surface area contributed by atoms with Gasteiger partial charge in [0.2, 0.25) is 5.88 Å². The van der Waals surface area contributed by atoms with Crippen LogP contribution in [0.3, 0.4) is 0 Å². The smallest absolute Gasteiger partial charge is 0.358 e. The molecule has 0 saturated carbocycles. The fourth-order valence-corrected chi connectivity index (χ4v) is 1.45. The highest BCUT2D eigenvalue weighted by Gasteiger charge is 2.11. The molecule has 7 heteroatoms. The van der Waals surface area contributed by atoms with Gasteiger partial charge in [0.25, 0.3) is 5.91 Å². The summed E-state index contributed by atoms with van der Waals surface area (Å²) < 4.78 is 9.91. The van der Waals surface area contributed by atoms with Crippen LogP contribution in [-0.4, -0.2) is 29.0 Å². The Morgan fingerprint density at radius 1 is 1.15 bits per heavy atom. The Kier molecular flexibility index (Phi) is 3.90. The molecule has 2 rings (SSSR count). The van der Waals surface area contributed by atoms with E-state index in [9.17, 15) is 9.59 Å². The van der Waals surface area contributed by atoms with E-state index in [0.717, 1.165) is 0 Å². The van der Waals surface area contributed by atoms with Crippen molar-refractivity contribution >= 4 is 11.9 Å². The Balaban J connectivity index is 2.23. The minimum absolute atomic E-state index is 0.0584. The molecule has 0 radical (unpaired) electrons. The van der Waals surface area contributed by atoms with E-state index < -0.39 is 11.9 Å². The number of ether oxygens (including phenoxy) is 2. The first-order chi connectivity index (χ1) is 9.61. The number of benzene rings is 1. The molecule has 0 unspecified atom stereocenters. The first-order valence-electron chi connectivity index (χ1n) is 5.59. The quantitative estimate of drug-likeness (QED) is 0.838. The van der Waals surface area contributed by atoms with Gasteiger partial charge < -0.3 is 15.2 Å². The summed E-state index contributed by atoms with van der Waals surface area (Å²) >= 11 is 0. The molecule has 1 amide bonds. The van der Waals surface area contributed by atoms with Crippen molar-refractivity contribution in [3.8, 4) is 11.6 Å². The Labute approximate surface area is 114 Å². The number of rotatable bonds is 4. The summed E-state index contributed by atoms with van der Waals surface area (Å²) in [5.74, 6) is -0.812. The summed E-state index contributed by atoms with van der Waals surface area (Å²) in [6.07, 6.45) is 2.47. The van der Waals surface area contributed by atoms with Gasteiger partial charge in [0, 0.05) is 0 Å². The van der Waals surface area contributed by atoms with Crippen LogP contribution in [0.2, 0.25) is 0 Å². The molecular weight excluding hydrogens is 262 g/mol. The molecular formula is C13H11N3O4. The van der Waals surface area contributed by atoms with Crippen molar-refractivity contribution in [2.45, 2.75) is 0 Å². The molecule has 0 aliphatic heterocycles. The van der Waals surface area contributed by atoms with Gasteiger partial charge >= 0.3 is 5.97 Å². The van der Waals surface area contributed by atoms with Crippen molar-refractivity contribution in [2.75, 3.05) is 7.11 Å². The standard InChI is InChI=1S/C13H11N3O4/c1-19-13(18)9-6-16-11(7-15-9)20-10-5-3-2-4-8(10)12(14)17/h2-7H,1H3,(H2,14,17). The third-order valence-corrected chi connectivity index (χ3v) is 2.39. The molecule has 7 nitrogen and oxygen atoms in total. The molecule has 20 heavy (non-hydrogen) atoms. The zero-order valence-electron chi connectivity index (χ0n) is 10.6. The summed E-state index contributed by atoms with van der Waals surface area (Å²) in [5, 5.41) is 0. The van der Waals surface area contributed by atoms with Crippen molar-refractivity contribution in [1.29, 1.82) is 0 Å². The largest absolute Gasteiger partial charge is 0.464 e. The van der Waals surface area contributed by atoms with E-state index in [-0.39, 0.29) is 22.9 Å². The number of esters is 1. The average Bonchev–Trinajstić information content (AvgIpc) is 2.47. The third kappa shape index (κ3) is 2.89. The van der Waals surface area contributed by atoms with Crippen LogP contribution in [0.25, 0.3) is 0 Å². The highest BCUT2D eigenvalue weighted by Crippen LogP contribution is 2.22. The molecule has 0 aliphatic rings. The van der Waals surface area contributed by atoms with Crippen LogP contribution in [0, 0.1) is 0 Å². The predicted octanol–water partition coefficient (Wildman–Crippen LogP) is 1.15. The average molecular weight is 273 g/mol. The third-order valence-electron chi connectivity index (χ3n) is 2.39. The molecule has 0 atom stereocenters. The van der Waals surface area contributed by atoms with Crippen LogP contribution in [0.4, 0.5) is 0 Å². The molecule has 1 aromatic carbocycles. The van der Waals surface area contributed by atoms with Gasteiger partial charge in [-0.15, -0.1) is 0 Å². The van der Waals surface area contributed by atoms with E-state index in [4.69, 9.17) is 10.5 Å². The van der Waals surface area contributed by atoms with Gasteiger partial charge in [-0.3, -0.25) is 4.79 Å². The molecule has 2 aromatic rings. The SMILES string of the molecule is COC(=O)c1cnc(Oc2ccccc2C(N)=O)cn1. The lowest BCUT2D eigenvalue weighted by Crippen LogP contribution is -2.12. The van der Waals surface area contributed by atoms with Gasteiger partial charge in [0.15, 0.2) is 5.69 Å². The highest BCUT2D eigenvalue weighted by atomic mass is 16.5. The van der Waals surface area contributed by atoms with Gasteiger partial charge in [-0.1, -0.05) is 12.1 Å². The highest BCUT2D eigenvalue weighted by molar-refractivity contribution is 5.95. The molecule has 102 valence electrons. The normalized spacial score (nSPS) is 9.85. The number of hydrogen-bond acceptors (Lipinski definition) is 6. The first-order valence-corrected chi connectivity index (χ1v) is 5.59. The molecule has 0 spiro atoms. The minimum Gasteiger partial charge on any atom is -0.464 e. The van der Waals surface area contributed by atoms with Crippen molar-refractivity contribution in [2.24, 2.45) is 5.73 Å². The zero-order valence-corrected chi connectivity index (χ0v) is 10.6. The number of carbonyl (C=O) groups excluding carboxylic acids is 2. The molecule has 0 fully saturated rings. The number of aromatic nitrogens is 2. The van der Waals surface area contributed by atoms with Crippen LogP contribution in [0.5, 0.6) is 11.6 Å². The Morgan fingerprint density at radius 3 is 2.50 bits per heavy atom. The van der Waals surface area contributed by atoms with Crippen LogP contribution in [0.1, 0.15) is 20.8 Å². The second-order valence-electron chi connectivity index (χ2n) is 3.69. The predicted molar refractivity (Wildman–Crippen MR) is 68.4 cm³/mol. The van der Waals surface area contributed by atoms with Gasteiger partial charge in [-0.25, -0.2) is 14.8 Å². The van der Waals surface area contributed by atoms with Crippen LogP contribution < -0.4 is 10.5 Å². The van der Waals surface area contributed by atoms with Crippen molar-refractivity contribution in [3.05, 3.63) is 47.9 Å². The van der Waals surface area contributed by atoms with Crippen LogP contribution >= 0.6 is 0 Å². The molecule has 1 heterocycles. The van der Waals surface area contributed by atoms with E-state index in [1.54, 1.807) is 18.2 Å². The van der Waals surface area contributed by atoms with Crippen molar-refractivity contribution in [3.63, 3.8) is 0 Å². The Morgan fingerprint density at radius 2 is 1.90 bits per heavy atom. The first kappa shape index (κ1) is 13.5.